The molecule has 1 amide bonds. The fraction of sp³-hybridized carbons (Fsp3) is 0.136. The Labute approximate surface area is 202 Å². The van der Waals surface area contributed by atoms with Crippen LogP contribution in [0, 0.1) is 0 Å². The summed E-state index contributed by atoms with van der Waals surface area (Å²) in [6.45, 7) is 0.347. The van der Waals surface area contributed by atoms with Gasteiger partial charge in [-0.25, -0.2) is 0 Å². The molecule has 0 radical (unpaired) electrons. The molecular weight excluding hydrogens is 529 g/mol. The van der Waals surface area contributed by atoms with Gasteiger partial charge in [0, 0.05) is 15.2 Å². The number of hydrogen-bond donors (Lipinski definition) is 0. The van der Waals surface area contributed by atoms with E-state index in [9.17, 15) is 4.79 Å². The number of halogens is 4. The number of hydrogen-bond acceptors (Lipinski definition) is 3. The van der Waals surface area contributed by atoms with E-state index in [1.165, 1.54) is 11.8 Å². The molecule has 1 heterocycles. The lowest BCUT2D eigenvalue weighted by molar-refractivity contribution is -0.115. The molecule has 3 aromatic rings. The Bertz CT molecular complexity index is 1050. The number of thioether (sulfide) groups is 1. The fourth-order valence-corrected chi connectivity index (χ4v) is 5.31. The fourth-order valence-electron chi connectivity index (χ4n) is 3.15. The number of carbonyl (C=O) groups excluding carboxylic acids is 1. The van der Waals surface area contributed by atoms with Crippen molar-refractivity contribution in [2.45, 2.75) is 12.0 Å². The summed E-state index contributed by atoms with van der Waals surface area (Å²) in [4.78, 5) is 14.3. The second-order valence-electron chi connectivity index (χ2n) is 6.63. The molecule has 1 saturated heterocycles. The maximum atomic E-state index is 12.5. The lowest BCUT2D eigenvalue weighted by Gasteiger charge is -2.25. The number of carbonyl (C=O) groups is 1. The van der Waals surface area contributed by atoms with Crippen molar-refractivity contribution in [3.8, 4) is 5.75 Å². The topological polar surface area (TPSA) is 29.5 Å². The first-order chi connectivity index (χ1) is 14.4. The molecule has 0 aliphatic carbocycles. The second-order valence-corrected chi connectivity index (χ2v) is 9.87. The van der Waals surface area contributed by atoms with Gasteiger partial charge < -0.3 is 4.74 Å². The van der Waals surface area contributed by atoms with E-state index in [1.54, 1.807) is 17.0 Å². The zero-order chi connectivity index (χ0) is 21.3. The Morgan fingerprint density at radius 2 is 1.63 bits per heavy atom. The minimum atomic E-state index is -0.228. The van der Waals surface area contributed by atoms with Crippen LogP contribution in [0.5, 0.6) is 5.75 Å². The largest absolute Gasteiger partial charge is 0.486 e. The molecule has 0 N–H and O–H groups in total. The van der Waals surface area contributed by atoms with Gasteiger partial charge in [-0.05, 0) is 59.7 Å². The quantitative estimate of drug-likeness (QED) is 0.329. The lowest BCUT2D eigenvalue weighted by atomic mass is 10.1. The molecule has 30 heavy (non-hydrogen) atoms. The summed E-state index contributed by atoms with van der Waals surface area (Å²) in [6.07, 6.45) is 0. The smallest absolute Gasteiger partial charge is 0.238 e. The summed E-state index contributed by atoms with van der Waals surface area (Å²) in [7, 11) is 0. The summed E-state index contributed by atoms with van der Waals surface area (Å²) in [5, 5.41) is 1.21. The van der Waals surface area contributed by atoms with Gasteiger partial charge in [0.1, 0.15) is 12.0 Å². The van der Waals surface area contributed by atoms with Crippen LogP contribution in [0.25, 0.3) is 0 Å². The van der Waals surface area contributed by atoms with Gasteiger partial charge in [0.05, 0.1) is 15.8 Å². The van der Waals surface area contributed by atoms with Crippen molar-refractivity contribution in [2.75, 3.05) is 10.7 Å². The van der Waals surface area contributed by atoms with Crippen molar-refractivity contribution in [1.29, 1.82) is 0 Å². The minimum absolute atomic E-state index is 0.0233. The molecule has 0 unspecified atom stereocenters. The summed E-state index contributed by atoms with van der Waals surface area (Å²) >= 11 is 23.9. The van der Waals surface area contributed by atoms with Crippen molar-refractivity contribution in [2.24, 2.45) is 0 Å². The van der Waals surface area contributed by atoms with Gasteiger partial charge in [0.25, 0.3) is 0 Å². The molecule has 0 bridgehead atoms. The van der Waals surface area contributed by atoms with Gasteiger partial charge in [0.2, 0.25) is 5.91 Å². The highest BCUT2D eigenvalue weighted by molar-refractivity contribution is 9.10. The predicted octanol–water partition coefficient (Wildman–Crippen LogP) is 7.77. The van der Waals surface area contributed by atoms with E-state index < -0.39 is 0 Å². The van der Waals surface area contributed by atoms with Crippen LogP contribution >= 0.6 is 62.5 Å². The molecule has 3 aromatic carbocycles. The molecule has 0 spiro atoms. The summed E-state index contributed by atoms with van der Waals surface area (Å²) in [5.41, 5.74) is 2.62. The number of nitrogens with zero attached hydrogens (tertiary/aromatic N) is 1. The number of rotatable bonds is 5. The average Bonchev–Trinajstić information content (AvgIpc) is 3.11. The Kier molecular flexibility index (Phi) is 6.85. The number of benzene rings is 3. The maximum Gasteiger partial charge on any atom is 0.238 e. The molecule has 4 rings (SSSR count). The number of ether oxygens (including phenoxy) is 1. The highest BCUT2D eigenvalue weighted by Gasteiger charge is 2.34. The first-order valence-corrected chi connectivity index (χ1v) is 12.0. The highest BCUT2D eigenvalue weighted by atomic mass is 79.9. The summed E-state index contributed by atoms with van der Waals surface area (Å²) in [6, 6.07) is 18.6. The zero-order valence-corrected chi connectivity index (χ0v) is 20.1. The van der Waals surface area contributed by atoms with Gasteiger partial charge in [-0.15, -0.1) is 11.8 Å². The monoisotopic (exact) mass is 541 g/mol. The molecule has 1 atom stereocenters. The SMILES string of the molecule is O=C1CS[C@@H](c2cc(Cl)c(OCc3ccc(Br)cc3)c(Cl)c2)N1c1ccc(Cl)cc1. The predicted molar refractivity (Wildman–Crippen MR) is 129 cm³/mol. The van der Waals surface area contributed by atoms with Crippen LogP contribution in [0.15, 0.2) is 65.1 Å². The molecule has 1 aliphatic heterocycles. The standard InChI is InChI=1S/C22H15BrCl3NO2S/c23-15-3-1-13(2-4-15)11-29-21-18(25)9-14(10-19(21)26)22-27(20(28)12-30-22)17-7-5-16(24)6-8-17/h1-10,22H,11-12H2/t22-/m0/s1. The molecule has 0 saturated carbocycles. The third-order valence-corrected chi connectivity index (χ3v) is 7.13. The molecule has 1 fully saturated rings. The van der Waals surface area contributed by atoms with Crippen LogP contribution in [0.2, 0.25) is 15.1 Å². The Balaban J connectivity index is 1.58. The maximum absolute atomic E-state index is 12.5. The second kappa shape index (κ2) is 9.41. The summed E-state index contributed by atoms with van der Waals surface area (Å²) in [5.74, 6) is 0.831. The number of amides is 1. The van der Waals surface area contributed by atoms with Crippen molar-refractivity contribution in [3.63, 3.8) is 0 Å². The zero-order valence-electron chi connectivity index (χ0n) is 15.4. The molecule has 154 valence electrons. The van der Waals surface area contributed by atoms with Crippen molar-refractivity contribution in [3.05, 3.63) is 91.3 Å². The van der Waals surface area contributed by atoms with Gasteiger partial charge in [-0.1, -0.05) is 62.9 Å². The minimum Gasteiger partial charge on any atom is -0.486 e. The molecule has 1 aliphatic rings. The normalized spacial score (nSPS) is 16.2. The molecular formula is C22H15BrCl3NO2S. The van der Waals surface area contributed by atoms with E-state index in [4.69, 9.17) is 39.5 Å². The van der Waals surface area contributed by atoms with Gasteiger partial charge in [-0.3, -0.25) is 9.69 Å². The third kappa shape index (κ3) is 4.76. The third-order valence-electron chi connectivity index (χ3n) is 4.57. The Hall–Kier alpha value is -1.37. The molecule has 3 nitrogen and oxygen atoms in total. The van der Waals surface area contributed by atoms with Gasteiger partial charge in [0.15, 0.2) is 5.75 Å². The molecule has 8 heteroatoms. The van der Waals surface area contributed by atoms with E-state index in [2.05, 4.69) is 15.9 Å². The van der Waals surface area contributed by atoms with Crippen LogP contribution in [0.4, 0.5) is 5.69 Å². The van der Waals surface area contributed by atoms with E-state index in [1.807, 2.05) is 48.5 Å². The van der Waals surface area contributed by atoms with Gasteiger partial charge >= 0.3 is 0 Å². The van der Waals surface area contributed by atoms with Crippen LogP contribution in [0.1, 0.15) is 16.5 Å². The van der Waals surface area contributed by atoms with Crippen LogP contribution in [-0.4, -0.2) is 11.7 Å². The highest BCUT2D eigenvalue weighted by Crippen LogP contribution is 2.45. The van der Waals surface area contributed by atoms with Crippen molar-refractivity contribution in [1.82, 2.24) is 0 Å². The molecule has 0 aromatic heterocycles. The van der Waals surface area contributed by atoms with Crippen LogP contribution in [-0.2, 0) is 11.4 Å². The first-order valence-electron chi connectivity index (χ1n) is 8.98. The van der Waals surface area contributed by atoms with E-state index in [-0.39, 0.29) is 11.3 Å². The van der Waals surface area contributed by atoms with E-state index in [0.29, 0.717) is 33.2 Å². The van der Waals surface area contributed by atoms with Crippen molar-refractivity contribution >= 4 is 74.1 Å². The lowest BCUT2D eigenvalue weighted by Crippen LogP contribution is -2.27. The Morgan fingerprint density at radius 3 is 2.27 bits per heavy atom. The van der Waals surface area contributed by atoms with Crippen molar-refractivity contribution < 1.29 is 9.53 Å². The Morgan fingerprint density at radius 1 is 1.00 bits per heavy atom. The average molecular weight is 544 g/mol. The summed E-state index contributed by atoms with van der Waals surface area (Å²) < 4.78 is 6.88. The van der Waals surface area contributed by atoms with Gasteiger partial charge in [-0.2, -0.15) is 0 Å². The number of anilines is 1. The van der Waals surface area contributed by atoms with E-state index in [0.717, 1.165) is 21.3 Å². The first kappa shape index (κ1) is 21.8. The van der Waals surface area contributed by atoms with Crippen LogP contribution in [0.3, 0.4) is 0 Å². The van der Waals surface area contributed by atoms with E-state index >= 15 is 0 Å². The van der Waals surface area contributed by atoms with Crippen LogP contribution < -0.4 is 9.64 Å².